The van der Waals surface area contributed by atoms with Crippen molar-refractivity contribution in [3.63, 3.8) is 0 Å². The van der Waals surface area contributed by atoms with Crippen LogP contribution in [0.5, 0.6) is 0 Å². The van der Waals surface area contributed by atoms with Gasteiger partial charge in [-0.1, -0.05) is 101 Å². The van der Waals surface area contributed by atoms with Crippen molar-refractivity contribution in [2.24, 2.45) is 5.92 Å². The molecule has 3 nitrogen and oxygen atoms in total. The maximum atomic E-state index is 8.91. The van der Waals surface area contributed by atoms with Gasteiger partial charge in [0.25, 0.3) is 0 Å². The van der Waals surface area contributed by atoms with E-state index in [2.05, 4.69) is 90.3 Å². The summed E-state index contributed by atoms with van der Waals surface area (Å²) in [5, 5.41) is 12.3. The molecular weight excluding hydrogens is 895 g/mol. The summed E-state index contributed by atoms with van der Waals surface area (Å²) < 4.78 is 51.7. The molecule has 0 saturated heterocycles. The molecule has 3 aromatic heterocycles. The Hall–Kier alpha value is -4.24. The van der Waals surface area contributed by atoms with Gasteiger partial charge in [-0.15, -0.1) is 53.6 Å². The number of pyridine rings is 2. The third-order valence-corrected chi connectivity index (χ3v) is 13.3. The average molecular weight is 952 g/mol. The van der Waals surface area contributed by atoms with Crippen molar-refractivity contribution < 1.29 is 28.3 Å². The average Bonchev–Trinajstić information content (AvgIpc) is 3.59. The number of thiophene rings is 1. The maximum absolute atomic E-state index is 8.91. The third-order valence-electron chi connectivity index (χ3n) is 10.2. The predicted molar refractivity (Wildman–Crippen MR) is 237 cm³/mol. The van der Waals surface area contributed by atoms with Crippen LogP contribution in [0.15, 0.2) is 91.3 Å². The van der Waals surface area contributed by atoms with E-state index in [1.807, 2.05) is 38.2 Å². The van der Waals surface area contributed by atoms with Crippen LogP contribution < -0.4 is 5.19 Å². The van der Waals surface area contributed by atoms with E-state index in [1.54, 1.807) is 43.4 Å². The second-order valence-electron chi connectivity index (χ2n) is 16.0. The molecule has 3 heterocycles. The summed E-state index contributed by atoms with van der Waals surface area (Å²) in [6, 6.07) is 34.9. The molecule has 1 radical (unpaired) electrons. The molecule has 8 rings (SSSR count). The van der Waals surface area contributed by atoms with Crippen molar-refractivity contribution in [3.8, 4) is 39.7 Å². The van der Waals surface area contributed by atoms with Crippen molar-refractivity contribution in [1.82, 2.24) is 9.97 Å². The Bertz CT molecular complexity index is 2800. The van der Waals surface area contributed by atoms with Crippen molar-refractivity contribution in [3.05, 3.63) is 137 Å². The Morgan fingerprint density at radius 1 is 0.875 bits per heavy atom. The zero-order chi connectivity index (χ0) is 44.1. The molecule has 1 aliphatic rings. The Balaban J connectivity index is 0.000000224. The number of hydrogen-bond acceptors (Lipinski definition) is 4. The summed E-state index contributed by atoms with van der Waals surface area (Å²) in [5.41, 5.74) is 10.4. The maximum Gasteiger partial charge on any atom is 0.0798 e. The van der Waals surface area contributed by atoms with E-state index in [4.69, 9.17) is 13.5 Å². The Morgan fingerprint density at radius 3 is 2.36 bits per heavy atom. The van der Waals surface area contributed by atoms with Gasteiger partial charge in [-0.3, -0.25) is 0 Å². The van der Waals surface area contributed by atoms with Crippen LogP contribution in [0.2, 0.25) is 19.6 Å². The second kappa shape index (κ2) is 17.5. The Labute approximate surface area is 361 Å². The number of fused-ring (bicyclic) bond motifs is 4. The predicted octanol–water partition coefficient (Wildman–Crippen LogP) is 13.1. The van der Waals surface area contributed by atoms with Crippen LogP contribution in [-0.4, -0.2) is 18.0 Å². The molecule has 4 aromatic carbocycles. The van der Waals surface area contributed by atoms with Gasteiger partial charge in [0.05, 0.1) is 8.07 Å². The molecule has 0 atom stereocenters. The number of rotatable bonds is 7. The molecule has 0 saturated carbocycles. The first kappa shape index (κ1) is 33.9. The van der Waals surface area contributed by atoms with Gasteiger partial charge in [-0.2, -0.15) is 11.3 Å². The van der Waals surface area contributed by atoms with Gasteiger partial charge in [0.2, 0.25) is 0 Å². The Kier molecular flexibility index (Phi) is 10.6. The molecule has 0 amide bonds. The SMILES string of the molecule is [2H]C([2H])([2H])c1cnc(-c2[c-]cc3sc4cc(-c5cccc6c5CCCC6)ccc4c3c2)cc1C([2H])(C)C.[2H]C([2H])(c1cc(-c2[c-]cc(C#N)cc2)ncc1[Si](C)(C)C)C(C)C.[Ir]. The van der Waals surface area contributed by atoms with E-state index in [0.717, 1.165) is 38.4 Å². The van der Waals surface area contributed by atoms with Crippen LogP contribution in [-0.2, 0) is 39.3 Å². The summed E-state index contributed by atoms with van der Waals surface area (Å²) in [6.07, 6.45) is 6.69. The molecule has 0 N–H and O–H groups in total. The molecule has 56 heavy (non-hydrogen) atoms. The molecule has 0 fully saturated rings. The van der Waals surface area contributed by atoms with E-state index in [9.17, 15) is 0 Å². The summed E-state index contributed by atoms with van der Waals surface area (Å²) in [5.74, 6) is -1.19. The molecule has 1 aliphatic carbocycles. The van der Waals surface area contributed by atoms with Gasteiger partial charge < -0.3 is 9.97 Å². The standard InChI is InChI=1S/C31H28NS.C19H23N2Si.Ir/c1-19(2)27-17-29(32-18-20(27)3)23-12-14-30-28(15-23)26-13-11-22(16-31(26)33-30)25-10-6-8-21-7-4-5-9-24(21)25;1-14(2)10-17-11-18(21-13-19(17)22(3,4)5)16-8-6-15(12-20)7-9-16;/h6,8,10-11,13-19H,4-5,7,9H2,1-3H3;6-8,11,13-14H,10H2,1-5H3;/q2*-1;/i3D3,19D;10D2;. The normalized spacial score (nSPS) is 14.8. The first-order chi connectivity index (χ1) is 28.7. The minimum atomic E-state index is -2.31. The molecule has 0 aliphatic heterocycles. The van der Waals surface area contributed by atoms with Crippen LogP contribution in [0.1, 0.15) is 88.0 Å². The summed E-state index contributed by atoms with van der Waals surface area (Å²) in [7, 11) is -1.73. The summed E-state index contributed by atoms with van der Waals surface area (Å²) in [6.45, 7) is 11.5. The smallest absolute Gasteiger partial charge is 0.0798 e. The van der Waals surface area contributed by atoms with Crippen molar-refractivity contribution in [1.29, 1.82) is 5.26 Å². The zero-order valence-corrected chi connectivity index (χ0v) is 37.4. The summed E-state index contributed by atoms with van der Waals surface area (Å²) in [4.78, 5) is 9.04. The van der Waals surface area contributed by atoms with Crippen molar-refractivity contribution in [2.75, 3.05) is 0 Å². The van der Waals surface area contributed by atoms with E-state index in [1.165, 1.54) is 57.8 Å². The van der Waals surface area contributed by atoms with Crippen LogP contribution in [0.25, 0.3) is 53.8 Å². The molecule has 0 bridgehead atoms. The molecule has 7 aromatic rings. The largest absolute Gasteiger partial charge is 0.305 e. The number of benzene rings is 4. The van der Waals surface area contributed by atoms with Gasteiger partial charge in [-0.25, -0.2) is 5.26 Å². The molecule has 0 spiro atoms. The molecular formula is C50H51IrN3SSi-2. The van der Waals surface area contributed by atoms with Crippen LogP contribution in [0.3, 0.4) is 0 Å². The number of nitrogens with zero attached hydrogens (tertiary/aromatic N) is 3. The van der Waals surface area contributed by atoms with Crippen LogP contribution in [0, 0.1) is 36.2 Å². The van der Waals surface area contributed by atoms with Gasteiger partial charge in [-0.05, 0) is 122 Å². The van der Waals surface area contributed by atoms with E-state index >= 15 is 0 Å². The van der Waals surface area contributed by atoms with Gasteiger partial charge in [0, 0.05) is 51.5 Å². The quantitative estimate of drug-likeness (QED) is 0.118. The first-order valence-electron chi connectivity index (χ1n) is 22.1. The van der Waals surface area contributed by atoms with Gasteiger partial charge in [0.1, 0.15) is 0 Å². The monoisotopic (exact) mass is 952 g/mol. The summed E-state index contributed by atoms with van der Waals surface area (Å²) >= 11 is 1.77. The third kappa shape index (κ3) is 8.98. The fourth-order valence-electron chi connectivity index (χ4n) is 7.39. The number of hydrogen-bond donors (Lipinski definition) is 0. The molecule has 6 heteroatoms. The van der Waals surface area contributed by atoms with Crippen LogP contribution in [0.4, 0.5) is 0 Å². The fourth-order valence-corrected chi connectivity index (χ4v) is 9.90. The number of aryl methyl sites for hydroxylation is 2. The van der Waals surface area contributed by atoms with E-state index < -0.39 is 27.2 Å². The number of aromatic nitrogens is 2. The first-order valence-corrected chi connectivity index (χ1v) is 23.4. The molecule has 287 valence electrons. The van der Waals surface area contributed by atoms with Gasteiger partial charge in [0.15, 0.2) is 0 Å². The topological polar surface area (TPSA) is 49.6 Å². The van der Waals surface area contributed by atoms with E-state index in [0.29, 0.717) is 22.5 Å². The van der Waals surface area contributed by atoms with Crippen molar-refractivity contribution >= 4 is 44.8 Å². The Morgan fingerprint density at radius 2 is 1.64 bits per heavy atom. The zero-order valence-electron chi connectivity index (χ0n) is 39.1. The molecule has 0 unspecified atom stereocenters. The van der Waals surface area contributed by atoms with Crippen LogP contribution >= 0.6 is 11.3 Å². The minimum absolute atomic E-state index is 0. The number of nitriles is 1. The van der Waals surface area contributed by atoms with E-state index in [-0.39, 0.29) is 31.6 Å². The van der Waals surface area contributed by atoms with Crippen molar-refractivity contribution in [2.45, 2.75) is 92.1 Å². The fraction of sp³-hybridized carbons (Fsp3) is 0.300. The van der Waals surface area contributed by atoms with Gasteiger partial charge >= 0.3 is 0 Å². The second-order valence-corrected chi connectivity index (χ2v) is 22.1. The minimum Gasteiger partial charge on any atom is -0.305 e.